The first kappa shape index (κ1) is 17.3. The van der Waals surface area contributed by atoms with Gasteiger partial charge in [-0.2, -0.15) is 9.61 Å². The second-order valence-electron chi connectivity index (χ2n) is 6.01. The Hall–Kier alpha value is -2.13. The van der Waals surface area contributed by atoms with Crippen molar-refractivity contribution in [2.24, 2.45) is 7.05 Å². The van der Waals surface area contributed by atoms with E-state index in [1.807, 2.05) is 30.8 Å². The van der Waals surface area contributed by atoms with Crippen molar-refractivity contribution in [3.8, 4) is 11.4 Å². The fourth-order valence-corrected chi connectivity index (χ4v) is 3.49. The summed E-state index contributed by atoms with van der Waals surface area (Å²) in [7, 11) is 1.99. The minimum absolute atomic E-state index is 0.444. The highest BCUT2D eigenvalue weighted by molar-refractivity contribution is 14.1. The minimum Gasteiger partial charge on any atom is -0.366 e. The van der Waals surface area contributed by atoms with Gasteiger partial charge < -0.3 is 9.88 Å². The highest BCUT2D eigenvalue weighted by Gasteiger charge is 2.13. The summed E-state index contributed by atoms with van der Waals surface area (Å²) in [5, 5.41) is 8.41. The number of hydrogen-bond donors (Lipinski definition) is 1. The fraction of sp³-hybridized carbons (Fsp3) is 0.167. The van der Waals surface area contributed by atoms with Gasteiger partial charge in [-0.15, -0.1) is 0 Å². The van der Waals surface area contributed by atoms with Crippen LogP contribution in [-0.2, 0) is 13.6 Å². The summed E-state index contributed by atoms with van der Waals surface area (Å²) in [6, 6.07) is 10.1. The molecule has 0 radical (unpaired) electrons. The van der Waals surface area contributed by atoms with Crippen LogP contribution < -0.4 is 5.32 Å². The topological polar surface area (TPSA) is 60.0 Å². The van der Waals surface area contributed by atoms with Crippen molar-refractivity contribution in [3.63, 3.8) is 0 Å². The lowest BCUT2D eigenvalue weighted by atomic mass is 10.1. The Morgan fingerprint density at radius 1 is 1.27 bits per heavy atom. The lowest BCUT2D eigenvalue weighted by molar-refractivity contribution is 0.906. The summed E-state index contributed by atoms with van der Waals surface area (Å²) in [6.07, 6.45) is 3.75. The van der Waals surface area contributed by atoms with Gasteiger partial charge in [0.1, 0.15) is 16.8 Å². The molecule has 6 nitrogen and oxygen atoms in total. The maximum Gasteiger partial charge on any atom is 0.172 e. The molecule has 26 heavy (non-hydrogen) atoms. The van der Waals surface area contributed by atoms with Crippen LogP contribution in [0.4, 0.5) is 5.82 Å². The smallest absolute Gasteiger partial charge is 0.172 e. The van der Waals surface area contributed by atoms with Crippen molar-refractivity contribution in [1.29, 1.82) is 0 Å². The van der Waals surface area contributed by atoms with Crippen LogP contribution in [0.1, 0.15) is 11.3 Å². The summed E-state index contributed by atoms with van der Waals surface area (Å²) in [6.45, 7) is 2.60. The second kappa shape index (κ2) is 6.88. The molecule has 0 spiro atoms. The van der Waals surface area contributed by atoms with Crippen molar-refractivity contribution in [2.45, 2.75) is 13.5 Å². The van der Waals surface area contributed by atoms with Gasteiger partial charge in [0.15, 0.2) is 5.65 Å². The SMILES string of the molecule is Cc1nn2c(NCc3cccc(-c4nccn4C)c3)cc(Cl)nc2c1I. The number of aryl methyl sites for hydroxylation is 2. The van der Waals surface area contributed by atoms with Crippen LogP contribution in [0.5, 0.6) is 0 Å². The molecule has 0 fully saturated rings. The van der Waals surface area contributed by atoms with Crippen LogP contribution in [0.15, 0.2) is 42.7 Å². The number of nitrogens with one attached hydrogen (secondary N) is 1. The lowest BCUT2D eigenvalue weighted by Gasteiger charge is -2.10. The van der Waals surface area contributed by atoms with Gasteiger partial charge in [-0.05, 0) is 41.1 Å². The summed E-state index contributed by atoms with van der Waals surface area (Å²) in [5.74, 6) is 1.76. The van der Waals surface area contributed by atoms with Gasteiger partial charge in [0, 0.05) is 37.6 Å². The number of nitrogens with zero attached hydrogens (tertiary/aromatic N) is 5. The third kappa shape index (κ3) is 3.16. The zero-order valence-corrected chi connectivity index (χ0v) is 17.2. The summed E-state index contributed by atoms with van der Waals surface area (Å²) >= 11 is 8.43. The standard InChI is InChI=1S/C18H16ClIN6/c1-11-16(20)18-23-14(19)9-15(26(18)24-11)22-10-12-4-3-5-13(8-12)17-21-6-7-25(17)2/h3-9,22H,10H2,1-2H3. The first-order valence-electron chi connectivity index (χ1n) is 8.05. The Labute approximate surface area is 169 Å². The molecule has 4 rings (SSSR count). The Morgan fingerprint density at radius 3 is 2.88 bits per heavy atom. The number of hydrogen-bond acceptors (Lipinski definition) is 4. The van der Waals surface area contributed by atoms with Crippen molar-refractivity contribution < 1.29 is 0 Å². The lowest BCUT2D eigenvalue weighted by Crippen LogP contribution is -2.06. The predicted octanol–water partition coefficient (Wildman–Crippen LogP) is 4.31. The van der Waals surface area contributed by atoms with Crippen LogP contribution in [0, 0.1) is 10.5 Å². The van der Waals surface area contributed by atoms with Crippen LogP contribution in [0.25, 0.3) is 17.0 Å². The zero-order valence-electron chi connectivity index (χ0n) is 14.2. The normalized spacial score (nSPS) is 11.2. The average Bonchev–Trinajstić information content (AvgIpc) is 3.18. The number of halogens is 2. The van der Waals surface area contributed by atoms with Crippen molar-refractivity contribution in [1.82, 2.24) is 24.1 Å². The molecule has 1 N–H and O–H groups in total. The minimum atomic E-state index is 0.444. The molecule has 0 saturated heterocycles. The van der Waals surface area contributed by atoms with Gasteiger partial charge in [0.05, 0.1) is 9.26 Å². The van der Waals surface area contributed by atoms with E-state index in [0.717, 1.165) is 37.7 Å². The molecule has 132 valence electrons. The molecule has 0 amide bonds. The van der Waals surface area contributed by atoms with E-state index in [2.05, 4.69) is 61.2 Å². The van der Waals surface area contributed by atoms with E-state index in [-0.39, 0.29) is 0 Å². The number of anilines is 1. The van der Waals surface area contributed by atoms with Crippen LogP contribution in [-0.4, -0.2) is 24.1 Å². The first-order valence-corrected chi connectivity index (χ1v) is 9.50. The maximum atomic E-state index is 6.19. The summed E-state index contributed by atoms with van der Waals surface area (Å²) in [5.41, 5.74) is 3.92. The Kier molecular flexibility index (Phi) is 4.58. The van der Waals surface area contributed by atoms with Gasteiger partial charge in [0.2, 0.25) is 0 Å². The highest BCUT2D eigenvalue weighted by Crippen LogP contribution is 2.23. The second-order valence-corrected chi connectivity index (χ2v) is 7.48. The molecule has 3 heterocycles. The Bertz CT molecular complexity index is 1100. The van der Waals surface area contributed by atoms with E-state index >= 15 is 0 Å². The van der Waals surface area contributed by atoms with E-state index in [0.29, 0.717) is 11.7 Å². The molecule has 0 atom stereocenters. The van der Waals surface area contributed by atoms with Crippen LogP contribution >= 0.6 is 34.2 Å². The number of imidazole rings is 1. The van der Waals surface area contributed by atoms with Crippen molar-refractivity contribution in [3.05, 3.63) is 62.7 Å². The third-order valence-electron chi connectivity index (χ3n) is 4.14. The molecule has 0 unspecified atom stereocenters. The van der Waals surface area contributed by atoms with Gasteiger partial charge >= 0.3 is 0 Å². The first-order chi connectivity index (χ1) is 12.5. The Balaban J connectivity index is 1.63. The number of fused-ring (bicyclic) bond motifs is 1. The zero-order chi connectivity index (χ0) is 18.3. The molecule has 8 heteroatoms. The molecule has 0 aliphatic rings. The Morgan fingerprint density at radius 2 is 2.12 bits per heavy atom. The number of rotatable bonds is 4. The molecule has 0 aliphatic heterocycles. The van der Waals surface area contributed by atoms with E-state index in [1.165, 1.54) is 0 Å². The molecule has 0 saturated carbocycles. The molecule has 4 aromatic rings. The highest BCUT2D eigenvalue weighted by atomic mass is 127. The number of benzene rings is 1. The fourth-order valence-electron chi connectivity index (χ4n) is 2.85. The molecule has 3 aromatic heterocycles. The number of aromatic nitrogens is 5. The molecule has 1 aromatic carbocycles. The van der Waals surface area contributed by atoms with E-state index in [1.54, 1.807) is 16.8 Å². The quantitative estimate of drug-likeness (QED) is 0.351. The van der Waals surface area contributed by atoms with Gasteiger partial charge in [-0.25, -0.2) is 9.97 Å². The van der Waals surface area contributed by atoms with Gasteiger partial charge in [-0.3, -0.25) is 0 Å². The summed E-state index contributed by atoms with van der Waals surface area (Å²) < 4.78 is 4.81. The van der Waals surface area contributed by atoms with Gasteiger partial charge in [0.25, 0.3) is 0 Å². The monoisotopic (exact) mass is 478 g/mol. The molecule has 0 bridgehead atoms. The summed E-state index contributed by atoms with van der Waals surface area (Å²) in [4.78, 5) is 8.79. The van der Waals surface area contributed by atoms with E-state index < -0.39 is 0 Å². The van der Waals surface area contributed by atoms with E-state index in [9.17, 15) is 0 Å². The third-order valence-corrected chi connectivity index (χ3v) is 5.60. The molecular formula is C18H16ClIN6. The van der Waals surface area contributed by atoms with Gasteiger partial charge in [-0.1, -0.05) is 29.8 Å². The largest absolute Gasteiger partial charge is 0.366 e. The van der Waals surface area contributed by atoms with E-state index in [4.69, 9.17) is 11.6 Å². The van der Waals surface area contributed by atoms with Crippen molar-refractivity contribution >= 4 is 45.7 Å². The van der Waals surface area contributed by atoms with Crippen LogP contribution in [0.2, 0.25) is 5.15 Å². The maximum absolute atomic E-state index is 6.19. The predicted molar refractivity (Wildman–Crippen MR) is 111 cm³/mol. The van der Waals surface area contributed by atoms with Crippen molar-refractivity contribution in [2.75, 3.05) is 5.32 Å². The van der Waals surface area contributed by atoms with Crippen LogP contribution in [0.3, 0.4) is 0 Å². The molecule has 0 aliphatic carbocycles. The average molecular weight is 479 g/mol. The molecular weight excluding hydrogens is 463 g/mol.